The van der Waals surface area contributed by atoms with Gasteiger partial charge in [-0.15, -0.1) is 0 Å². The second-order valence-corrected chi connectivity index (χ2v) is 8.77. The predicted molar refractivity (Wildman–Crippen MR) is 138 cm³/mol. The summed E-state index contributed by atoms with van der Waals surface area (Å²) in [6.45, 7) is 0.414. The van der Waals surface area contributed by atoms with Crippen molar-refractivity contribution in [2.75, 3.05) is 11.9 Å². The maximum atomic E-state index is 13.1. The highest BCUT2D eigenvalue weighted by molar-refractivity contribution is 6.31. The molecule has 2 heterocycles. The minimum absolute atomic E-state index is 0.0873. The monoisotopic (exact) mass is 486 g/mol. The number of nitrogens with zero attached hydrogens (tertiary/aromatic N) is 3. The number of hydrogen-bond acceptors (Lipinski definition) is 3. The molecule has 1 aliphatic rings. The van der Waals surface area contributed by atoms with E-state index in [1.807, 2.05) is 91.0 Å². The van der Waals surface area contributed by atoms with E-state index in [0.29, 0.717) is 22.3 Å². The Kier molecular flexibility index (Phi) is 6.30. The standard InChI is InChI=1S/C27H20Cl2N4O/c28-21-10-4-18(5-11-21)24-17-33(32-26(24)20-6-12-22(29)13-7-20)27(34)31-23-14-8-19(9-15-23)25-3-1-2-16-30-25/h1-16,24H,17H2,(H,31,34). The summed E-state index contributed by atoms with van der Waals surface area (Å²) in [4.78, 5) is 17.4. The van der Waals surface area contributed by atoms with Crippen LogP contribution in [0.5, 0.6) is 0 Å². The molecule has 1 N–H and O–H groups in total. The Morgan fingerprint density at radius 3 is 2.12 bits per heavy atom. The average molecular weight is 487 g/mol. The quantitative estimate of drug-likeness (QED) is 0.334. The fraction of sp³-hybridized carbons (Fsp3) is 0.0741. The summed E-state index contributed by atoms with van der Waals surface area (Å²) >= 11 is 12.2. The number of nitrogens with one attached hydrogen (secondary N) is 1. The van der Waals surface area contributed by atoms with Crippen LogP contribution in [0, 0.1) is 0 Å². The molecule has 34 heavy (non-hydrogen) atoms. The van der Waals surface area contributed by atoms with Crippen LogP contribution in [0.4, 0.5) is 10.5 Å². The van der Waals surface area contributed by atoms with Gasteiger partial charge in [0, 0.05) is 33.4 Å². The number of anilines is 1. The van der Waals surface area contributed by atoms with Gasteiger partial charge >= 0.3 is 6.03 Å². The van der Waals surface area contributed by atoms with E-state index in [2.05, 4.69) is 15.4 Å². The minimum Gasteiger partial charge on any atom is -0.306 e. The molecular formula is C27H20Cl2N4O. The number of urea groups is 1. The van der Waals surface area contributed by atoms with Crippen molar-refractivity contribution >= 4 is 40.6 Å². The van der Waals surface area contributed by atoms with Gasteiger partial charge in [-0.05, 0) is 59.7 Å². The molecule has 0 saturated carbocycles. The van der Waals surface area contributed by atoms with Crippen LogP contribution in [0.2, 0.25) is 10.0 Å². The van der Waals surface area contributed by atoms with Gasteiger partial charge in [0.1, 0.15) is 0 Å². The number of aromatic nitrogens is 1. The maximum Gasteiger partial charge on any atom is 0.342 e. The van der Waals surface area contributed by atoms with Crippen LogP contribution in [-0.2, 0) is 0 Å². The Bertz CT molecular complexity index is 1320. The van der Waals surface area contributed by atoms with E-state index in [1.54, 1.807) is 6.20 Å². The summed E-state index contributed by atoms with van der Waals surface area (Å²) < 4.78 is 0. The van der Waals surface area contributed by atoms with Gasteiger partial charge in [-0.1, -0.05) is 65.7 Å². The molecule has 0 bridgehead atoms. The van der Waals surface area contributed by atoms with Crippen LogP contribution in [-0.4, -0.2) is 28.3 Å². The molecule has 0 spiro atoms. The number of hydrogen-bond donors (Lipinski definition) is 1. The molecule has 7 heteroatoms. The Labute approximate surface area is 207 Å². The van der Waals surface area contributed by atoms with Gasteiger partial charge in [-0.3, -0.25) is 4.98 Å². The zero-order chi connectivity index (χ0) is 23.5. The molecule has 168 valence electrons. The van der Waals surface area contributed by atoms with E-state index in [4.69, 9.17) is 23.2 Å². The number of hydrazone groups is 1. The van der Waals surface area contributed by atoms with Crippen molar-refractivity contribution in [3.8, 4) is 11.3 Å². The first kappa shape index (κ1) is 22.1. The summed E-state index contributed by atoms with van der Waals surface area (Å²) in [5.41, 5.74) is 5.29. The van der Waals surface area contributed by atoms with Gasteiger partial charge in [0.2, 0.25) is 0 Å². The number of pyridine rings is 1. The lowest BCUT2D eigenvalue weighted by Gasteiger charge is -2.16. The van der Waals surface area contributed by atoms with Gasteiger partial charge in [-0.25, -0.2) is 9.80 Å². The molecule has 1 aliphatic heterocycles. The number of benzene rings is 3. The largest absolute Gasteiger partial charge is 0.342 e. The third kappa shape index (κ3) is 4.81. The van der Waals surface area contributed by atoms with E-state index in [-0.39, 0.29) is 11.9 Å². The molecule has 5 nitrogen and oxygen atoms in total. The fourth-order valence-corrected chi connectivity index (χ4v) is 4.16. The number of carbonyl (C=O) groups is 1. The zero-order valence-corrected chi connectivity index (χ0v) is 19.5. The van der Waals surface area contributed by atoms with Gasteiger partial charge in [-0.2, -0.15) is 5.10 Å². The molecule has 1 atom stereocenters. The van der Waals surface area contributed by atoms with E-state index < -0.39 is 0 Å². The SMILES string of the molecule is O=C(Nc1ccc(-c2ccccn2)cc1)N1CC(c2ccc(Cl)cc2)C(c2ccc(Cl)cc2)=N1. The summed E-state index contributed by atoms with van der Waals surface area (Å²) in [6, 6.07) is 28.2. The van der Waals surface area contributed by atoms with Crippen LogP contribution in [0.25, 0.3) is 11.3 Å². The van der Waals surface area contributed by atoms with Gasteiger partial charge < -0.3 is 5.32 Å². The Hall–Kier alpha value is -3.67. The molecule has 1 aromatic heterocycles. The first-order chi connectivity index (χ1) is 16.6. The molecule has 5 rings (SSSR count). The molecular weight excluding hydrogens is 467 g/mol. The number of amides is 2. The minimum atomic E-state index is -0.298. The molecule has 0 radical (unpaired) electrons. The van der Waals surface area contributed by atoms with Crippen molar-refractivity contribution in [3.05, 3.63) is 118 Å². The second-order valence-electron chi connectivity index (χ2n) is 7.90. The fourth-order valence-electron chi connectivity index (χ4n) is 3.91. The van der Waals surface area contributed by atoms with Crippen molar-refractivity contribution in [2.24, 2.45) is 5.10 Å². The van der Waals surface area contributed by atoms with Crippen LogP contribution in [0.1, 0.15) is 17.0 Å². The normalized spacial score (nSPS) is 15.2. The van der Waals surface area contributed by atoms with E-state index in [0.717, 1.165) is 28.1 Å². The topological polar surface area (TPSA) is 57.6 Å². The Balaban J connectivity index is 1.37. The van der Waals surface area contributed by atoms with Crippen LogP contribution in [0.3, 0.4) is 0 Å². The zero-order valence-electron chi connectivity index (χ0n) is 18.0. The summed E-state index contributed by atoms with van der Waals surface area (Å²) in [5, 5.41) is 10.4. The lowest BCUT2D eigenvalue weighted by Crippen LogP contribution is -2.30. The Morgan fingerprint density at radius 1 is 0.824 bits per heavy atom. The molecule has 0 aliphatic carbocycles. The van der Waals surface area contributed by atoms with Gasteiger partial charge in [0.15, 0.2) is 0 Å². The highest BCUT2D eigenvalue weighted by Crippen LogP contribution is 2.30. The molecule has 0 fully saturated rings. The Morgan fingerprint density at radius 2 is 1.47 bits per heavy atom. The molecule has 0 saturated heterocycles. The van der Waals surface area contributed by atoms with E-state index in [1.165, 1.54) is 5.01 Å². The third-order valence-electron chi connectivity index (χ3n) is 5.66. The van der Waals surface area contributed by atoms with Crippen LogP contribution in [0.15, 0.2) is 102 Å². The highest BCUT2D eigenvalue weighted by atomic mass is 35.5. The van der Waals surface area contributed by atoms with Crippen molar-refractivity contribution in [3.63, 3.8) is 0 Å². The molecule has 4 aromatic rings. The van der Waals surface area contributed by atoms with Gasteiger partial charge in [0.25, 0.3) is 0 Å². The van der Waals surface area contributed by atoms with E-state index >= 15 is 0 Å². The lowest BCUT2D eigenvalue weighted by molar-refractivity contribution is 0.218. The van der Waals surface area contributed by atoms with Gasteiger partial charge in [0.05, 0.1) is 18.0 Å². The molecule has 2 amide bonds. The van der Waals surface area contributed by atoms with Crippen LogP contribution < -0.4 is 5.32 Å². The average Bonchev–Trinajstić information content (AvgIpc) is 3.32. The first-order valence-electron chi connectivity index (χ1n) is 10.8. The summed E-state index contributed by atoms with van der Waals surface area (Å²) in [7, 11) is 0. The predicted octanol–water partition coefficient (Wildman–Crippen LogP) is 7.09. The van der Waals surface area contributed by atoms with E-state index in [9.17, 15) is 4.79 Å². The highest BCUT2D eigenvalue weighted by Gasteiger charge is 2.32. The summed E-state index contributed by atoms with van der Waals surface area (Å²) in [5.74, 6) is -0.0873. The molecule has 3 aromatic carbocycles. The second kappa shape index (κ2) is 9.67. The van der Waals surface area contributed by atoms with Crippen molar-refractivity contribution in [1.82, 2.24) is 9.99 Å². The van der Waals surface area contributed by atoms with Crippen LogP contribution >= 0.6 is 23.2 Å². The smallest absolute Gasteiger partial charge is 0.306 e. The maximum absolute atomic E-state index is 13.1. The lowest BCUT2D eigenvalue weighted by atomic mass is 9.91. The number of halogens is 2. The summed E-state index contributed by atoms with van der Waals surface area (Å²) in [6.07, 6.45) is 1.76. The first-order valence-corrected chi connectivity index (χ1v) is 11.5. The van der Waals surface area contributed by atoms with Crippen molar-refractivity contribution in [2.45, 2.75) is 5.92 Å². The number of carbonyl (C=O) groups excluding carboxylic acids is 1. The van der Waals surface area contributed by atoms with Crippen molar-refractivity contribution in [1.29, 1.82) is 0 Å². The molecule has 1 unspecified atom stereocenters. The number of rotatable bonds is 4. The van der Waals surface area contributed by atoms with Crippen molar-refractivity contribution < 1.29 is 4.79 Å². The third-order valence-corrected chi connectivity index (χ3v) is 6.16.